The second-order valence-corrected chi connectivity index (χ2v) is 7.36. The van der Waals surface area contributed by atoms with Crippen LogP contribution in [-0.2, 0) is 14.3 Å². The van der Waals surface area contributed by atoms with E-state index in [1.165, 1.54) is 0 Å². The Morgan fingerprint density at radius 1 is 1.00 bits per heavy atom. The van der Waals surface area contributed by atoms with Crippen LogP contribution in [0, 0.1) is 10.8 Å². The van der Waals surface area contributed by atoms with Gasteiger partial charge in [-0.25, -0.2) is 4.79 Å². The van der Waals surface area contributed by atoms with Crippen LogP contribution >= 0.6 is 0 Å². The molecule has 0 saturated heterocycles. The smallest absolute Gasteiger partial charge is 0.331 e. The zero-order chi connectivity index (χ0) is 15.6. The predicted octanol–water partition coefficient (Wildman–Crippen LogP) is 4.47. The summed E-state index contributed by atoms with van der Waals surface area (Å²) in [5, 5.41) is 0. The fourth-order valence-electron chi connectivity index (χ4n) is 2.13. The van der Waals surface area contributed by atoms with Gasteiger partial charge >= 0.3 is 5.97 Å². The van der Waals surface area contributed by atoms with Crippen molar-refractivity contribution in [2.75, 3.05) is 6.61 Å². The molecule has 1 aliphatic carbocycles. The molecule has 1 heterocycles. The van der Waals surface area contributed by atoms with Gasteiger partial charge in [-0.05, 0) is 28.4 Å². The summed E-state index contributed by atoms with van der Waals surface area (Å²) < 4.78 is 4.76. The number of Topliss-reactive ketones (excluding diaryl/α,β-unsaturated/α-hetero) is 1. The minimum absolute atomic E-state index is 0. The maximum Gasteiger partial charge on any atom is 0.331 e. The van der Waals surface area contributed by atoms with E-state index < -0.39 is 0 Å². The molecule has 0 aromatic rings. The molecule has 0 unspecified atom stereocenters. The SMILES string of the molecule is C.CC(C)(C)C1=CC(=O)OC1.CC(C)(C)C1=CCCC1=O. The van der Waals surface area contributed by atoms with Gasteiger partial charge in [0.05, 0.1) is 0 Å². The largest absolute Gasteiger partial charge is 0.458 e. The molecule has 2 rings (SSSR count). The molecule has 21 heavy (non-hydrogen) atoms. The number of carbonyl (C=O) groups excluding carboxylic acids is 2. The Morgan fingerprint density at radius 3 is 1.76 bits per heavy atom. The van der Waals surface area contributed by atoms with Crippen molar-refractivity contribution in [3.05, 3.63) is 23.3 Å². The topological polar surface area (TPSA) is 43.4 Å². The average molecular weight is 294 g/mol. The highest BCUT2D eigenvalue weighted by molar-refractivity contribution is 5.98. The molecule has 0 spiro atoms. The molecule has 2 aliphatic rings. The molecule has 1 aliphatic heterocycles. The van der Waals surface area contributed by atoms with Gasteiger partial charge in [0.25, 0.3) is 0 Å². The zero-order valence-corrected chi connectivity index (χ0v) is 13.5. The number of ether oxygens (including phenoxy) is 1. The molecular weight excluding hydrogens is 264 g/mol. The number of hydrogen-bond acceptors (Lipinski definition) is 3. The van der Waals surface area contributed by atoms with Gasteiger partial charge in [0.2, 0.25) is 0 Å². The van der Waals surface area contributed by atoms with E-state index in [4.69, 9.17) is 4.74 Å². The summed E-state index contributed by atoms with van der Waals surface area (Å²) in [5.74, 6) is 0.137. The molecule has 0 aromatic carbocycles. The normalized spacial score (nSPS) is 18.2. The van der Waals surface area contributed by atoms with E-state index in [-0.39, 0.29) is 24.2 Å². The van der Waals surface area contributed by atoms with Crippen molar-refractivity contribution in [1.29, 1.82) is 0 Å². The van der Waals surface area contributed by atoms with E-state index >= 15 is 0 Å². The van der Waals surface area contributed by atoms with Crippen molar-refractivity contribution < 1.29 is 14.3 Å². The van der Waals surface area contributed by atoms with Crippen LogP contribution in [0.1, 0.15) is 61.8 Å². The monoisotopic (exact) mass is 294 g/mol. The maximum absolute atomic E-state index is 11.2. The van der Waals surface area contributed by atoms with Crippen LogP contribution in [0.25, 0.3) is 0 Å². The molecule has 0 saturated carbocycles. The summed E-state index contributed by atoms with van der Waals surface area (Å²) >= 11 is 0. The first-order chi connectivity index (χ1) is 9.01. The first-order valence-electron chi connectivity index (χ1n) is 7.13. The Balaban J connectivity index is 0.000000364. The van der Waals surface area contributed by atoms with Crippen LogP contribution in [-0.4, -0.2) is 18.4 Å². The number of carbonyl (C=O) groups is 2. The van der Waals surface area contributed by atoms with Gasteiger partial charge in [-0.2, -0.15) is 0 Å². The molecule has 0 fully saturated rings. The quantitative estimate of drug-likeness (QED) is 0.619. The summed E-state index contributed by atoms with van der Waals surface area (Å²) in [6.45, 7) is 12.9. The van der Waals surface area contributed by atoms with E-state index in [1.54, 1.807) is 6.08 Å². The van der Waals surface area contributed by atoms with Crippen molar-refractivity contribution >= 4 is 11.8 Å². The lowest BCUT2D eigenvalue weighted by Gasteiger charge is -2.18. The highest BCUT2D eigenvalue weighted by Crippen LogP contribution is 2.31. The van der Waals surface area contributed by atoms with Crippen molar-refractivity contribution in [3.8, 4) is 0 Å². The number of allylic oxidation sites excluding steroid dienone is 2. The molecular formula is C18H30O3. The Labute approximate surface area is 129 Å². The van der Waals surface area contributed by atoms with E-state index in [0.29, 0.717) is 12.4 Å². The molecule has 0 amide bonds. The molecule has 0 radical (unpaired) electrons. The van der Waals surface area contributed by atoms with Crippen molar-refractivity contribution in [2.45, 2.75) is 61.8 Å². The van der Waals surface area contributed by atoms with Crippen LogP contribution in [0.3, 0.4) is 0 Å². The maximum atomic E-state index is 11.2. The Hall–Kier alpha value is -1.38. The Kier molecular flexibility index (Phi) is 6.59. The lowest BCUT2D eigenvalue weighted by molar-refractivity contribution is -0.135. The first kappa shape index (κ1) is 19.6. The molecule has 0 N–H and O–H groups in total. The summed E-state index contributed by atoms with van der Waals surface area (Å²) in [6.07, 6.45) is 5.33. The fourth-order valence-corrected chi connectivity index (χ4v) is 2.13. The van der Waals surface area contributed by atoms with Gasteiger partial charge in [-0.1, -0.05) is 55.0 Å². The number of hydrogen-bond donors (Lipinski definition) is 0. The summed E-state index contributed by atoms with van der Waals surface area (Å²) in [4.78, 5) is 21.8. The summed E-state index contributed by atoms with van der Waals surface area (Å²) in [7, 11) is 0. The van der Waals surface area contributed by atoms with Gasteiger partial charge < -0.3 is 4.74 Å². The number of cyclic esters (lactones) is 1. The number of esters is 1. The van der Waals surface area contributed by atoms with Gasteiger partial charge in [-0.3, -0.25) is 4.79 Å². The Bertz CT molecular complexity index is 454. The molecule has 0 aromatic heterocycles. The van der Waals surface area contributed by atoms with Crippen molar-refractivity contribution in [3.63, 3.8) is 0 Å². The van der Waals surface area contributed by atoms with Gasteiger partial charge in [0.15, 0.2) is 5.78 Å². The number of rotatable bonds is 0. The van der Waals surface area contributed by atoms with Crippen LogP contribution in [0.2, 0.25) is 0 Å². The van der Waals surface area contributed by atoms with Crippen LogP contribution in [0.4, 0.5) is 0 Å². The standard InChI is InChI=1S/C9H14O.C8H12O2.CH4/c1-9(2,3)7-5-4-6-8(7)10;1-8(2,3)6-4-7(9)10-5-6;/h5H,4,6H2,1-3H3;4H,5H2,1-3H3;1H4. The van der Waals surface area contributed by atoms with E-state index in [9.17, 15) is 9.59 Å². The first-order valence-corrected chi connectivity index (χ1v) is 7.13. The van der Waals surface area contributed by atoms with E-state index in [0.717, 1.165) is 24.0 Å². The van der Waals surface area contributed by atoms with Crippen molar-refractivity contribution in [2.24, 2.45) is 10.8 Å². The minimum atomic E-state index is -0.204. The number of ketones is 1. The van der Waals surface area contributed by atoms with Crippen LogP contribution in [0.15, 0.2) is 23.3 Å². The summed E-state index contributed by atoms with van der Waals surface area (Å²) in [6, 6.07) is 0. The summed E-state index contributed by atoms with van der Waals surface area (Å²) in [5.41, 5.74) is 2.24. The molecule has 120 valence electrons. The Morgan fingerprint density at radius 2 is 1.57 bits per heavy atom. The van der Waals surface area contributed by atoms with E-state index in [1.807, 2.05) is 0 Å². The molecule has 0 bridgehead atoms. The lowest BCUT2D eigenvalue weighted by atomic mass is 9.85. The second-order valence-electron chi connectivity index (χ2n) is 7.36. The molecule has 3 nitrogen and oxygen atoms in total. The van der Waals surface area contributed by atoms with Gasteiger partial charge in [0, 0.05) is 12.5 Å². The van der Waals surface area contributed by atoms with Crippen molar-refractivity contribution in [1.82, 2.24) is 0 Å². The van der Waals surface area contributed by atoms with Crippen LogP contribution < -0.4 is 0 Å². The third-order valence-electron chi connectivity index (χ3n) is 3.45. The van der Waals surface area contributed by atoms with Crippen LogP contribution in [0.5, 0.6) is 0 Å². The molecule has 3 heteroatoms. The molecule has 0 atom stereocenters. The second kappa shape index (κ2) is 7.06. The average Bonchev–Trinajstić information content (AvgIpc) is 2.85. The highest BCUT2D eigenvalue weighted by atomic mass is 16.5. The van der Waals surface area contributed by atoms with Gasteiger partial charge in [-0.15, -0.1) is 0 Å². The van der Waals surface area contributed by atoms with E-state index in [2.05, 4.69) is 47.6 Å². The van der Waals surface area contributed by atoms with Gasteiger partial charge in [0.1, 0.15) is 6.61 Å². The zero-order valence-electron chi connectivity index (χ0n) is 13.5. The fraction of sp³-hybridized carbons (Fsp3) is 0.667. The highest BCUT2D eigenvalue weighted by Gasteiger charge is 2.26. The lowest BCUT2D eigenvalue weighted by Crippen LogP contribution is -2.14. The minimum Gasteiger partial charge on any atom is -0.458 e. The third kappa shape index (κ3) is 5.86. The predicted molar refractivity (Wildman–Crippen MR) is 87.0 cm³/mol. The third-order valence-corrected chi connectivity index (χ3v) is 3.45.